The van der Waals surface area contributed by atoms with Crippen molar-refractivity contribution in [3.63, 3.8) is 0 Å². The Labute approximate surface area is 171 Å². The van der Waals surface area contributed by atoms with Gasteiger partial charge in [0.2, 0.25) is 0 Å². The van der Waals surface area contributed by atoms with Crippen molar-refractivity contribution < 1.29 is 17.9 Å². The third-order valence-electron chi connectivity index (χ3n) is 3.50. The number of aromatic nitrogens is 1. The van der Waals surface area contributed by atoms with Gasteiger partial charge < -0.3 is 4.74 Å². The van der Waals surface area contributed by atoms with Crippen LogP contribution >= 0.6 is 22.9 Å². The second kappa shape index (κ2) is 8.59. The summed E-state index contributed by atoms with van der Waals surface area (Å²) in [6.45, 7) is 2.24. The minimum absolute atomic E-state index is 0.0744. The number of nitrogens with one attached hydrogen (secondary N) is 2. The largest absolute Gasteiger partial charge is 0.470 e. The van der Waals surface area contributed by atoms with Gasteiger partial charge in [-0.3, -0.25) is 5.32 Å². The molecule has 0 atom stereocenters. The van der Waals surface area contributed by atoms with Crippen molar-refractivity contribution in [1.82, 2.24) is 9.71 Å². The van der Waals surface area contributed by atoms with Crippen molar-refractivity contribution in [2.75, 3.05) is 11.9 Å². The van der Waals surface area contributed by atoms with E-state index in [1.165, 1.54) is 24.3 Å². The number of nitrogens with zero attached hydrogens (tertiary/aromatic N) is 1. The van der Waals surface area contributed by atoms with Gasteiger partial charge in [-0.1, -0.05) is 53.3 Å². The summed E-state index contributed by atoms with van der Waals surface area (Å²) in [4.78, 5) is 16.6. The average molecular weight is 438 g/mol. The molecule has 2 amide bonds. The van der Waals surface area contributed by atoms with Crippen LogP contribution < -0.4 is 14.8 Å². The zero-order chi connectivity index (χ0) is 20.1. The van der Waals surface area contributed by atoms with E-state index in [-0.39, 0.29) is 4.90 Å². The number of rotatable bonds is 6. The van der Waals surface area contributed by atoms with Gasteiger partial charge in [-0.2, -0.15) is 0 Å². The maximum absolute atomic E-state index is 12.4. The molecule has 3 aromatic rings. The first kappa shape index (κ1) is 20.1. The second-order valence-electron chi connectivity index (χ2n) is 5.47. The van der Waals surface area contributed by atoms with Crippen LogP contribution in [0.15, 0.2) is 59.5 Å². The summed E-state index contributed by atoms with van der Waals surface area (Å²) in [5, 5.41) is 3.68. The highest BCUT2D eigenvalue weighted by Gasteiger charge is 2.21. The summed E-state index contributed by atoms with van der Waals surface area (Å²) in [6.07, 6.45) is 0. The lowest BCUT2D eigenvalue weighted by Gasteiger charge is -2.08. The number of carbonyl (C=O) groups excluding carboxylic acids is 1. The van der Waals surface area contributed by atoms with Crippen molar-refractivity contribution in [3.05, 3.63) is 59.6 Å². The van der Waals surface area contributed by atoms with Gasteiger partial charge in [-0.25, -0.2) is 22.9 Å². The zero-order valence-electron chi connectivity index (χ0n) is 14.7. The van der Waals surface area contributed by atoms with E-state index in [9.17, 15) is 13.2 Å². The molecular weight excluding hydrogens is 422 g/mol. The van der Waals surface area contributed by atoms with E-state index in [1.807, 2.05) is 42.0 Å². The molecule has 0 aliphatic heterocycles. The van der Waals surface area contributed by atoms with E-state index in [0.29, 0.717) is 27.5 Å². The Bertz CT molecular complexity index is 1070. The molecule has 0 radical (unpaired) electrons. The van der Waals surface area contributed by atoms with E-state index in [0.717, 1.165) is 16.9 Å². The molecule has 10 heteroatoms. The van der Waals surface area contributed by atoms with Crippen LogP contribution in [0, 0.1) is 0 Å². The molecule has 1 aromatic heterocycles. The number of carbonyl (C=O) groups is 1. The summed E-state index contributed by atoms with van der Waals surface area (Å²) >= 11 is 6.88. The third kappa shape index (κ3) is 4.80. The van der Waals surface area contributed by atoms with Crippen LogP contribution in [0.3, 0.4) is 0 Å². The molecule has 0 unspecified atom stereocenters. The maximum atomic E-state index is 12.4. The highest BCUT2D eigenvalue weighted by atomic mass is 35.5. The molecule has 28 heavy (non-hydrogen) atoms. The van der Waals surface area contributed by atoms with Crippen LogP contribution in [0.5, 0.6) is 5.19 Å². The van der Waals surface area contributed by atoms with Crippen molar-refractivity contribution >= 4 is 44.0 Å². The Morgan fingerprint density at radius 1 is 1.14 bits per heavy atom. The van der Waals surface area contributed by atoms with Gasteiger partial charge in [0.25, 0.3) is 15.2 Å². The average Bonchev–Trinajstić information content (AvgIpc) is 3.05. The second-order valence-corrected chi connectivity index (χ2v) is 8.55. The Balaban J connectivity index is 1.82. The molecular formula is C18H16ClN3O4S2. The number of amides is 2. The van der Waals surface area contributed by atoms with Gasteiger partial charge in [0.1, 0.15) is 10.7 Å². The van der Waals surface area contributed by atoms with E-state index in [2.05, 4.69) is 10.3 Å². The SMILES string of the molecule is CCOc1nc(-c2ccccc2)c(NC(=O)NS(=O)(=O)c2ccc(Cl)cc2)s1. The van der Waals surface area contributed by atoms with Crippen molar-refractivity contribution in [2.24, 2.45) is 0 Å². The fourth-order valence-corrected chi connectivity index (χ4v) is 4.21. The summed E-state index contributed by atoms with van der Waals surface area (Å²) in [5.74, 6) is 0. The highest BCUT2D eigenvalue weighted by molar-refractivity contribution is 7.90. The number of hydrogen-bond donors (Lipinski definition) is 2. The molecule has 2 N–H and O–H groups in total. The number of halogens is 1. The standard InChI is InChI=1S/C18H16ClN3O4S2/c1-2-26-18-20-15(12-6-4-3-5-7-12)16(27-18)21-17(23)22-28(24,25)14-10-8-13(19)9-11-14/h3-11H,2H2,1H3,(H2,21,22,23). The fraction of sp³-hybridized carbons (Fsp3) is 0.111. The number of urea groups is 1. The predicted octanol–water partition coefficient (Wildman–Crippen LogP) is 4.37. The Morgan fingerprint density at radius 3 is 2.46 bits per heavy atom. The molecule has 0 saturated heterocycles. The molecule has 3 rings (SSSR count). The van der Waals surface area contributed by atoms with Gasteiger partial charge in [-0.15, -0.1) is 0 Å². The van der Waals surface area contributed by atoms with Gasteiger partial charge in [-0.05, 0) is 31.2 Å². The lowest BCUT2D eigenvalue weighted by molar-refractivity contribution is 0.256. The van der Waals surface area contributed by atoms with Gasteiger partial charge >= 0.3 is 6.03 Å². The smallest absolute Gasteiger partial charge is 0.333 e. The number of ether oxygens (including phenoxy) is 1. The monoisotopic (exact) mass is 437 g/mol. The predicted molar refractivity (Wildman–Crippen MR) is 110 cm³/mol. The number of thiazole rings is 1. The summed E-state index contributed by atoms with van der Waals surface area (Å²) in [7, 11) is -4.04. The van der Waals surface area contributed by atoms with Crippen LogP contribution in [-0.4, -0.2) is 26.0 Å². The Morgan fingerprint density at radius 2 is 1.82 bits per heavy atom. The van der Waals surface area contributed by atoms with Crippen LogP contribution in [0.2, 0.25) is 5.02 Å². The molecule has 0 saturated carbocycles. The topological polar surface area (TPSA) is 97.4 Å². The molecule has 0 spiro atoms. The molecule has 0 aliphatic carbocycles. The molecule has 2 aromatic carbocycles. The van der Waals surface area contributed by atoms with Gasteiger partial charge in [0.15, 0.2) is 0 Å². The molecule has 1 heterocycles. The first-order chi connectivity index (χ1) is 13.4. The Hall–Kier alpha value is -2.62. The molecule has 146 valence electrons. The minimum Gasteiger partial charge on any atom is -0.470 e. The lowest BCUT2D eigenvalue weighted by Crippen LogP contribution is -2.34. The lowest BCUT2D eigenvalue weighted by atomic mass is 10.2. The van der Waals surface area contributed by atoms with Crippen molar-refractivity contribution in [3.8, 4) is 16.5 Å². The first-order valence-electron chi connectivity index (χ1n) is 8.17. The quantitative estimate of drug-likeness (QED) is 0.596. The summed E-state index contributed by atoms with van der Waals surface area (Å²) in [5.41, 5.74) is 1.26. The van der Waals surface area contributed by atoms with Gasteiger partial charge in [0, 0.05) is 10.6 Å². The number of sulfonamides is 1. The van der Waals surface area contributed by atoms with E-state index in [4.69, 9.17) is 16.3 Å². The zero-order valence-corrected chi connectivity index (χ0v) is 17.1. The maximum Gasteiger partial charge on any atom is 0.333 e. The van der Waals surface area contributed by atoms with Crippen LogP contribution in [0.4, 0.5) is 9.80 Å². The Kier molecular flexibility index (Phi) is 6.18. The van der Waals surface area contributed by atoms with Crippen LogP contribution in [0.25, 0.3) is 11.3 Å². The van der Waals surface area contributed by atoms with Crippen LogP contribution in [0.1, 0.15) is 6.92 Å². The first-order valence-corrected chi connectivity index (χ1v) is 10.8. The summed E-state index contributed by atoms with van der Waals surface area (Å²) < 4.78 is 32.1. The van der Waals surface area contributed by atoms with E-state index < -0.39 is 16.1 Å². The van der Waals surface area contributed by atoms with Gasteiger partial charge in [0.05, 0.1) is 11.5 Å². The highest BCUT2D eigenvalue weighted by Crippen LogP contribution is 2.37. The third-order valence-corrected chi connectivity index (χ3v) is 5.98. The van der Waals surface area contributed by atoms with Crippen LogP contribution in [-0.2, 0) is 10.0 Å². The minimum atomic E-state index is -4.04. The normalized spacial score (nSPS) is 11.1. The molecule has 0 aliphatic rings. The number of anilines is 1. The molecule has 0 fully saturated rings. The summed E-state index contributed by atoms with van der Waals surface area (Å²) in [6, 6.07) is 13.8. The van der Waals surface area contributed by atoms with Crippen molar-refractivity contribution in [1.29, 1.82) is 0 Å². The number of hydrogen-bond acceptors (Lipinski definition) is 6. The van der Waals surface area contributed by atoms with E-state index >= 15 is 0 Å². The molecule has 7 nitrogen and oxygen atoms in total. The number of benzene rings is 2. The fourth-order valence-electron chi connectivity index (χ4n) is 2.29. The molecule has 0 bridgehead atoms. The van der Waals surface area contributed by atoms with E-state index in [1.54, 1.807) is 0 Å². The van der Waals surface area contributed by atoms with Crippen molar-refractivity contribution in [2.45, 2.75) is 11.8 Å².